The van der Waals surface area contributed by atoms with E-state index in [4.69, 9.17) is 0 Å². The number of rotatable bonds is 8. The zero-order valence-corrected chi connectivity index (χ0v) is 16.9. The lowest BCUT2D eigenvalue weighted by molar-refractivity contribution is -0.132. The third kappa shape index (κ3) is 3.68. The first-order valence-corrected chi connectivity index (χ1v) is 10.1. The second kappa shape index (κ2) is 8.44. The number of nitrogens with one attached hydrogen (secondary N) is 1. The molecule has 1 aromatic heterocycles. The highest BCUT2D eigenvalue weighted by Crippen LogP contribution is 2.33. The van der Waals surface area contributed by atoms with Crippen molar-refractivity contribution in [3.63, 3.8) is 0 Å². The lowest BCUT2D eigenvalue weighted by Crippen LogP contribution is -2.46. The average Bonchev–Trinajstić information content (AvgIpc) is 3.32. The fourth-order valence-electron chi connectivity index (χ4n) is 3.77. The van der Waals surface area contributed by atoms with Crippen LogP contribution in [-0.4, -0.2) is 37.0 Å². The maximum Gasteiger partial charge on any atom is 0.325 e. The standard InChI is InChI=1S/C22H24N6O2/c1-2-3-14-28-19(24-25-26-28)16-27-20(29)22(23-21(27)30,18-12-8-5-9-13-18)15-17-10-6-4-7-11-17/h4-13H,2-3,14-16H2,1H3,(H,23,30)/t22-/m0/s1. The van der Waals surface area contributed by atoms with Crippen molar-refractivity contribution in [2.45, 2.75) is 44.8 Å². The Morgan fingerprint density at radius 2 is 1.70 bits per heavy atom. The van der Waals surface area contributed by atoms with Crippen LogP contribution in [-0.2, 0) is 29.8 Å². The van der Waals surface area contributed by atoms with Crippen LogP contribution in [0.2, 0.25) is 0 Å². The molecule has 0 saturated carbocycles. The highest BCUT2D eigenvalue weighted by Gasteiger charge is 2.52. The SMILES string of the molecule is CCCCn1nnnc1CN1C(=O)N[C@@](Cc2ccccc2)(c2ccccc2)C1=O. The Kier molecular flexibility index (Phi) is 5.56. The molecular formula is C22H24N6O2. The van der Waals surface area contributed by atoms with Gasteiger partial charge in [-0.1, -0.05) is 74.0 Å². The average molecular weight is 404 g/mol. The number of carbonyl (C=O) groups is 2. The largest absolute Gasteiger partial charge is 0.325 e. The molecule has 1 aliphatic heterocycles. The third-order valence-electron chi connectivity index (χ3n) is 5.38. The van der Waals surface area contributed by atoms with E-state index in [9.17, 15) is 9.59 Å². The van der Waals surface area contributed by atoms with E-state index >= 15 is 0 Å². The fraction of sp³-hybridized carbons (Fsp3) is 0.318. The molecule has 154 valence electrons. The summed E-state index contributed by atoms with van der Waals surface area (Å²) in [4.78, 5) is 27.8. The molecule has 8 heteroatoms. The Morgan fingerprint density at radius 3 is 2.40 bits per heavy atom. The summed E-state index contributed by atoms with van der Waals surface area (Å²) in [6.07, 6.45) is 2.27. The second-order valence-electron chi connectivity index (χ2n) is 7.43. The first-order chi connectivity index (χ1) is 14.6. The third-order valence-corrected chi connectivity index (χ3v) is 5.38. The number of hydrogen-bond donors (Lipinski definition) is 1. The first kappa shape index (κ1) is 19.8. The van der Waals surface area contributed by atoms with Crippen molar-refractivity contribution in [1.29, 1.82) is 0 Å². The molecule has 0 radical (unpaired) electrons. The van der Waals surface area contributed by atoms with Gasteiger partial charge in [-0.05, 0) is 28.0 Å². The van der Waals surface area contributed by atoms with Crippen molar-refractivity contribution in [1.82, 2.24) is 30.4 Å². The van der Waals surface area contributed by atoms with Crippen molar-refractivity contribution in [2.75, 3.05) is 0 Å². The van der Waals surface area contributed by atoms with Gasteiger partial charge in [0.05, 0.1) is 6.54 Å². The highest BCUT2D eigenvalue weighted by atomic mass is 16.2. The van der Waals surface area contributed by atoms with Crippen molar-refractivity contribution in [2.24, 2.45) is 0 Å². The Bertz CT molecular complexity index is 1020. The van der Waals surface area contributed by atoms with Crippen LogP contribution in [0.1, 0.15) is 36.7 Å². The molecule has 30 heavy (non-hydrogen) atoms. The van der Waals surface area contributed by atoms with E-state index in [2.05, 4.69) is 27.8 Å². The topological polar surface area (TPSA) is 93.0 Å². The van der Waals surface area contributed by atoms with Crippen LogP contribution < -0.4 is 5.32 Å². The number of carbonyl (C=O) groups excluding carboxylic acids is 2. The Morgan fingerprint density at radius 1 is 1.00 bits per heavy atom. The number of nitrogens with zero attached hydrogens (tertiary/aromatic N) is 5. The van der Waals surface area contributed by atoms with E-state index in [0.717, 1.165) is 24.0 Å². The molecule has 0 bridgehead atoms. The smallest absolute Gasteiger partial charge is 0.319 e. The van der Waals surface area contributed by atoms with Gasteiger partial charge < -0.3 is 5.32 Å². The number of amides is 3. The van der Waals surface area contributed by atoms with E-state index < -0.39 is 11.6 Å². The summed E-state index contributed by atoms with van der Waals surface area (Å²) >= 11 is 0. The molecule has 0 aliphatic carbocycles. The molecule has 2 aromatic carbocycles. The predicted molar refractivity (Wildman–Crippen MR) is 110 cm³/mol. The van der Waals surface area contributed by atoms with Crippen LogP contribution in [0.4, 0.5) is 4.79 Å². The van der Waals surface area contributed by atoms with Gasteiger partial charge in [0, 0.05) is 13.0 Å². The summed E-state index contributed by atoms with van der Waals surface area (Å²) in [7, 11) is 0. The van der Waals surface area contributed by atoms with E-state index in [-0.39, 0.29) is 12.5 Å². The quantitative estimate of drug-likeness (QED) is 0.583. The van der Waals surface area contributed by atoms with E-state index in [0.29, 0.717) is 18.8 Å². The number of imide groups is 1. The maximum atomic E-state index is 13.7. The molecule has 4 rings (SSSR count). The van der Waals surface area contributed by atoms with E-state index in [1.54, 1.807) is 4.68 Å². The molecule has 1 atom stereocenters. The number of tetrazole rings is 1. The Hall–Kier alpha value is -3.55. The minimum absolute atomic E-state index is 0.0325. The minimum atomic E-state index is -1.17. The van der Waals surface area contributed by atoms with Gasteiger partial charge in [0.1, 0.15) is 0 Å². The van der Waals surface area contributed by atoms with E-state index in [1.807, 2.05) is 60.7 Å². The van der Waals surface area contributed by atoms with Crippen molar-refractivity contribution in [3.05, 3.63) is 77.6 Å². The summed E-state index contributed by atoms with van der Waals surface area (Å²) in [6.45, 7) is 2.76. The maximum absolute atomic E-state index is 13.7. The zero-order valence-electron chi connectivity index (χ0n) is 16.9. The fourth-order valence-corrected chi connectivity index (χ4v) is 3.77. The molecule has 3 aromatic rings. The summed E-state index contributed by atoms with van der Waals surface area (Å²) in [5.74, 6) is 0.197. The summed E-state index contributed by atoms with van der Waals surface area (Å²) < 4.78 is 1.66. The zero-order chi connectivity index (χ0) is 21.0. The van der Waals surface area contributed by atoms with Gasteiger partial charge in [0.25, 0.3) is 5.91 Å². The van der Waals surface area contributed by atoms with Crippen molar-refractivity contribution in [3.8, 4) is 0 Å². The monoisotopic (exact) mass is 404 g/mol. The van der Waals surface area contributed by atoms with Gasteiger partial charge in [0.15, 0.2) is 11.4 Å². The van der Waals surface area contributed by atoms with Crippen LogP contribution >= 0.6 is 0 Å². The molecule has 8 nitrogen and oxygen atoms in total. The summed E-state index contributed by atoms with van der Waals surface area (Å²) in [5.41, 5.74) is 0.548. The Labute approximate surface area is 174 Å². The molecule has 1 saturated heterocycles. The number of urea groups is 1. The Balaban J connectivity index is 1.67. The molecular weight excluding hydrogens is 380 g/mol. The molecule has 2 heterocycles. The second-order valence-corrected chi connectivity index (χ2v) is 7.43. The lowest BCUT2D eigenvalue weighted by atomic mass is 9.83. The van der Waals surface area contributed by atoms with Crippen molar-refractivity contribution >= 4 is 11.9 Å². The van der Waals surface area contributed by atoms with Gasteiger partial charge in [-0.2, -0.15) is 0 Å². The normalized spacial score (nSPS) is 18.6. The molecule has 1 N–H and O–H groups in total. The van der Waals surface area contributed by atoms with Crippen LogP contribution in [0.5, 0.6) is 0 Å². The highest BCUT2D eigenvalue weighted by molar-refractivity contribution is 6.07. The van der Waals surface area contributed by atoms with Crippen molar-refractivity contribution < 1.29 is 9.59 Å². The summed E-state index contributed by atoms with van der Waals surface area (Å²) in [6, 6.07) is 18.6. The number of aromatic nitrogens is 4. The van der Waals surface area contributed by atoms with Crippen LogP contribution in [0, 0.1) is 0 Å². The number of hydrogen-bond acceptors (Lipinski definition) is 5. The first-order valence-electron chi connectivity index (χ1n) is 10.1. The van der Waals surface area contributed by atoms with E-state index in [1.165, 1.54) is 4.90 Å². The van der Waals surface area contributed by atoms with Gasteiger partial charge in [0.2, 0.25) is 0 Å². The predicted octanol–water partition coefficient (Wildman–Crippen LogP) is 2.66. The minimum Gasteiger partial charge on any atom is -0.319 e. The lowest BCUT2D eigenvalue weighted by Gasteiger charge is -2.27. The van der Waals surface area contributed by atoms with Crippen LogP contribution in [0.3, 0.4) is 0 Å². The summed E-state index contributed by atoms with van der Waals surface area (Å²) in [5, 5.41) is 14.7. The molecule has 1 fully saturated rings. The van der Waals surface area contributed by atoms with Gasteiger partial charge in [-0.25, -0.2) is 9.48 Å². The van der Waals surface area contributed by atoms with Crippen LogP contribution in [0.15, 0.2) is 60.7 Å². The van der Waals surface area contributed by atoms with Gasteiger partial charge >= 0.3 is 6.03 Å². The molecule has 0 spiro atoms. The molecule has 3 amide bonds. The molecule has 0 unspecified atom stereocenters. The van der Waals surface area contributed by atoms with Crippen LogP contribution in [0.25, 0.3) is 0 Å². The number of benzene rings is 2. The number of aryl methyl sites for hydroxylation is 1. The number of unbranched alkanes of at least 4 members (excludes halogenated alkanes) is 1. The van der Waals surface area contributed by atoms with Gasteiger partial charge in [-0.15, -0.1) is 5.10 Å². The van der Waals surface area contributed by atoms with Gasteiger partial charge in [-0.3, -0.25) is 9.69 Å². The molecule has 1 aliphatic rings.